The molecule has 18 heavy (non-hydrogen) atoms. The quantitative estimate of drug-likeness (QED) is 0.747. The second-order valence-electron chi connectivity index (χ2n) is 4.47. The standard InChI is InChI=1S/C16H15ClO/c1-11-4-3-5-15(12(11)2)16(18)10-13-6-8-14(17)9-7-13/h3-9H,10H2,1-2H3. The number of aryl methyl sites for hydroxylation is 1. The maximum Gasteiger partial charge on any atom is 0.167 e. The lowest BCUT2D eigenvalue weighted by molar-refractivity contribution is 0.0992. The van der Waals surface area contributed by atoms with E-state index in [0.29, 0.717) is 11.4 Å². The smallest absolute Gasteiger partial charge is 0.167 e. The van der Waals surface area contributed by atoms with Crippen molar-refractivity contribution in [2.75, 3.05) is 0 Å². The first-order valence-corrected chi connectivity index (χ1v) is 6.29. The summed E-state index contributed by atoms with van der Waals surface area (Å²) in [6, 6.07) is 13.3. The lowest BCUT2D eigenvalue weighted by Gasteiger charge is -2.07. The summed E-state index contributed by atoms with van der Waals surface area (Å²) >= 11 is 5.83. The molecule has 0 heterocycles. The van der Waals surface area contributed by atoms with E-state index < -0.39 is 0 Å². The fraction of sp³-hybridized carbons (Fsp3) is 0.188. The van der Waals surface area contributed by atoms with Gasteiger partial charge in [0.2, 0.25) is 0 Å². The van der Waals surface area contributed by atoms with Crippen molar-refractivity contribution >= 4 is 17.4 Å². The van der Waals surface area contributed by atoms with Crippen LogP contribution in [0.25, 0.3) is 0 Å². The second-order valence-corrected chi connectivity index (χ2v) is 4.91. The Morgan fingerprint density at radius 3 is 2.39 bits per heavy atom. The van der Waals surface area contributed by atoms with Crippen molar-refractivity contribution < 1.29 is 4.79 Å². The number of carbonyl (C=O) groups is 1. The molecule has 2 aromatic rings. The summed E-state index contributed by atoms with van der Waals surface area (Å²) in [5.74, 6) is 0.151. The molecule has 0 amide bonds. The zero-order valence-corrected chi connectivity index (χ0v) is 11.3. The van der Waals surface area contributed by atoms with Gasteiger partial charge in [0.1, 0.15) is 0 Å². The molecule has 2 rings (SSSR count). The van der Waals surface area contributed by atoms with Crippen LogP contribution in [-0.4, -0.2) is 5.78 Å². The maximum atomic E-state index is 12.2. The summed E-state index contributed by atoms with van der Waals surface area (Å²) in [4.78, 5) is 12.2. The zero-order valence-electron chi connectivity index (χ0n) is 10.5. The van der Waals surface area contributed by atoms with E-state index in [1.165, 1.54) is 0 Å². The molecule has 0 fully saturated rings. The Hall–Kier alpha value is -1.60. The highest BCUT2D eigenvalue weighted by molar-refractivity contribution is 6.30. The molecular weight excluding hydrogens is 244 g/mol. The number of carbonyl (C=O) groups excluding carboxylic acids is 1. The maximum absolute atomic E-state index is 12.2. The average molecular weight is 259 g/mol. The Balaban J connectivity index is 2.22. The predicted molar refractivity (Wildman–Crippen MR) is 75.4 cm³/mol. The van der Waals surface area contributed by atoms with Gasteiger partial charge in [0.15, 0.2) is 5.78 Å². The van der Waals surface area contributed by atoms with Crippen molar-refractivity contribution in [2.45, 2.75) is 20.3 Å². The van der Waals surface area contributed by atoms with E-state index in [0.717, 1.165) is 22.3 Å². The number of rotatable bonds is 3. The topological polar surface area (TPSA) is 17.1 Å². The Labute approximate surface area is 112 Å². The average Bonchev–Trinajstić information content (AvgIpc) is 2.35. The molecule has 0 aliphatic rings. The summed E-state index contributed by atoms with van der Waals surface area (Å²) in [5, 5.41) is 0.693. The normalized spacial score (nSPS) is 10.4. The molecule has 0 radical (unpaired) electrons. The Morgan fingerprint density at radius 1 is 1.06 bits per heavy atom. The van der Waals surface area contributed by atoms with E-state index in [1.807, 2.05) is 56.3 Å². The first kappa shape index (κ1) is 12.8. The largest absolute Gasteiger partial charge is 0.294 e. The van der Waals surface area contributed by atoms with Crippen molar-refractivity contribution in [2.24, 2.45) is 0 Å². The van der Waals surface area contributed by atoms with Gasteiger partial charge in [-0.1, -0.05) is 41.9 Å². The van der Waals surface area contributed by atoms with Gasteiger partial charge in [0.05, 0.1) is 0 Å². The molecule has 0 bridgehead atoms. The van der Waals surface area contributed by atoms with Crippen LogP contribution in [0.4, 0.5) is 0 Å². The van der Waals surface area contributed by atoms with Gasteiger partial charge >= 0.3 is 0 Å². The number of hydrogen-bond donors (Lipinski definition) is 0. The molecule has 0 saturated carbocycles. The monoisotopic (exact) mass is 258 g/mol. The van der Waals surface area contributed by atoms with Gasteiger partial charge in [-0.15, -0.1) is 0 Å². The SMILES string of the molecule is Cc1cccc(C(=O)Cc2ccc(Cl)cc2)c1C. The van der Waals surface area contributed by atoms with Gasteiger partial charge in [-0.05, 0) is 42.7 Å². The predicted octanol–water partition coefficient (Wildman–Crippen LogP) is 4.38. The molecule has 1 nitrogen and oxygen atoms in total. The third kappa shape index (κ3) is 2.80. The Kier molecular flexibility index (Phi) is 3.83. The zero-order chi connectivity index (χ0) is 13.1. The third-order valence-corrected chi connectivity index (χ3v) is 3.43. The number of Topliss-reactive ketones (excluding diaryl/α,β-unsaturated/α-hetero) is 1. The molecule has 2 aromatic carbocycles. The lowest BCUT2D eigenvalue weighted by Crippen LogP contribution is -2.06. The summed E-state index contributed by atoms with van der Waals surface area (Å²) in [6.07, 6.45) is 0.418. The van der Waals surface area contributed by atoms with Crippen molar-refractivity contribution in [3.8, 4) is 0 Å². The molecule has 0 spiro atoms. The highest BCUT2D eigenvalue weighted by Gasteiger charge is 2.10. The van der Waals surface area contributed by atoms with Gasteiger partial charge in [0.25, 0.3) is 0 Å². The van der Waals surface area contributed by atoms with Crippen LogP contribution < -0.4 is 0 Å². The van der Waals surface area contributed by atoms with Crippen LogP contribution in [0, 0.1) is 13.8 Å². The molecule has 0 aliphatic heterocycles. The van der Waals surface area contributed by atoms with Crippen LogP contribution in [0.2, 0.25) is 5.02 Å². The molecule has 0 aliphatic carbocycles. The van der Waals surface area contributed by atoms with Gasteiger partial charge in [0, 0.05) is 17.0 Å². The molecule has 0 atom stereocenters. The summed E-state index contributed by atoms with van der Waals surface area (Å²) in [7, 11) is 0. The number of halogens is 1. The first-order chi connectivity index (χ1) is 8.58. The number of ketones is 1. The minimum absolute atomic E-state index is 0.151. The van der Waals surface area contributed by atoms with Gasteiger partial charge in [-0.3, -0.25) is 4.79 Å². The molecular formula is C16H15ClO. The molecule has 0 aromatic heterocycles. The van der Waals surface area contributed by atoms with Crippen molar-refractivity contribution in [1.29, 1.82) is 0 Å². The van der Waals surface area contributed by atoms with Crippen molar-refractivity contribution in [3.05, 3.63) is 69.7 Å². The van der Waals surface area contributed by atoms with E-state index in [1.54, 1.807) is 0 Å². The Morgan fingerprint density at radius 2 is 1.72 bits per heavy atom. The molecule has 0 saturated heterocycles. The minimum Gasteiger partial charge on any atom is -0.294 e. The van der Waals surface area contributed by atoms with Crippen LogP contribution in [0.15, 0.2) is 42.5 Å². The van der Waals surface area contributed by atoms with E-state index >= 15 is 0 Å². The summed E-state index contributed by atoms with van der Waals surface area (Å²) in [6.45, 7) is 4.01. The van der Waals surface area contributed by atoms with Crippen LogP contribution in [-0.2, 0) is 6.42 Å². The minimum atomic E-state index is 0.151. The first-order valence-electron chi connectivity index (χ1n) is 5.92. The van der Waals surface area contributed by atoms with Crippen LogP contribution in [0.1, 0.15) is 27.0 Å². The third-order valence-electron chi connectivity index (χ3n) is 3.18. The van der Waals surface area contributed by atoms with Crippen LogP contribution in [0.3, 0.4) is 0 Å². The molecule has 2 heteroatoms. The number of benzene rings is 2. The van der Waals surface area contributed by atoms with Gasteiger partial charge < -0.3 is 0 Å². The van der Waals surface area contributed by atoms with Crippen molar-refractivity contribution in [1.82, 2.24) is 0 Å². The lowest BCUT2D eigenvalue weighted by atomic mass is 9.96. The van der Waals surface area contributed by atoms with Gasteiger partial charge in [-0.2, -0.15) is 0 Å². The van der Waals surface area contributed by atoms with Crippen molar-refractivity contribution in [3.63, 3.8) is 0 Å². The highest BCUT2D eigenvalue weighted by atomic mass is 35.5. The fourth-order valence-electron chi connectivity index (χ4n) is 1.94. The van der Waals surface area contributed by atoms with Crippen LogP contribution in [0.5, 0.6) is 0 Å². The molecule has 92 valence electrons. The van der Waals surface area contributed by atoms with E-state index in [2.05, 4.69) is 0 Å². The van der Waals surface area contributed by atoms with E-state index in [4.69, 9.17) is 11.6 Å². The Bertz CT molecular complexity index is 570. The second kappa shape index (κ2) is 5.36. The van der Waals surface area contributed by atoms with Crippen LogP contribution >= 0.6 is 11.6 Å². The van der Waals surface area contributed by atoms with E-state index in [9.17, 15) is 4.79 Å². The van der Waals surface area contributed by atoms with E-state index in [-0.39, 0.29) is 5.78 Å². The fourth-order valence-corrected chi connectivity index (χ4v) is 2.06. The highest BCUT2D eigenvalue weighted by Crippen LogP contribution is 2.16. The molecule has 0 unspecified atom stereocenters. The number of hydrogen-bond acceptors (Lipinski definition) is 1. The summed E-state index contributed by atoms with van der Waals surface area (Å²) < 4.78 is 0. The summed E-state index contributed by atoms with van der Waals surface area (Å²) in [5.41, 5.74) is 4.02. The molecule has 0 N–H and O–H groups in total. The van der Waals surface area contributed by atoms with Gasteiger partial charge in [-0.25, -0.2) is 0 Å².